The zero-order chi connectivity index (χ0) is 6.74. The standard InChI is InChI=1S/C8H15N/c1-3-8(9-2)6-4-5-7-8/h2-7H2,1H3. The van der Waals surface area contributed by atoms with Crippen LogP contribution in [0.4, 0.5) is 0 Å². The molecule has 1 rings (SSSR count). The summed E-state index contributed by atoms with van der Waals surface area (Å²) in [7, 11) is 0. The third-order valence-electron chi connectivity index (χ3n) is 2.53. The highest BCUT2D eigenvalue weighted by Crippen LogP contribution is 2.35. The lowest BCUT2D eigenvalue weighted by molar-refractivity contribution is 0.431. The average Bonchev–Trinajstić information content (AvgIpc) is 2.36. The van der Waals surface area contributed by atoms with E-state index in [0.29, 0.717) is 5.54 Å². The first-order valence-corrected chi connectivity index (χ1v) is 3.81. The molecule has 1 nitrogen and oxygen atoms in total. The van der Waals surface area contributed by atoms with Crippen LogP contribution >= 0.6 is 0 Å². The minimum absolute atomic E-state index is 0.292. The van der Waals surface area contributed by atoms with Crippen LogP contribution < -0.4 is 0 Å². The fourth-order valence-electron chi connectivity index (χ4n) is 1.66. The minimum Gasteiger partial charge on any atom is -0.294 e. The molecule has 1 saturated carbocycles. The van der Waals surface area contributed by atoms with Crippen molar-refractivity contribution < 1.29 is 0 Å². The van der Waals surface area contributed by atoms with E-state index in [1.54, 1.807) is 0 Å². The van der Waals surface area contributed by atoms with Crippen LogP contribution in [0, 0.1) is 0 Å². The van der Waals surface area contributed by atoms with Crippen molar-refractivity contribution in [3.8, 4) is 0 Å². The number of nitrogens with zero attached hydrogens (tertiary/aromatic N) is 1. The Morgan fingerprint density at radius 2 is 2.00 bits per heavy atom. The molecule has 1 aliphatic rings. The summed E-state index contributed by atoms with van der Waals surface area (Å²) in [6.07, 6.45) is 6.43. The van der Waals surface area contributed by atoms with Crippen LogP contribution in [0.1, 0.15) is 39.0 Å². The third kappa shape index (κ3) is 1.15. The zero-order valence-corrected chi connectivity index (χ0v) is 6.19. The second-order valence-electron chi connectivity index (χ2n) is 2.94. The topological polar surface area (TPSA) is 12.4 Å². The number of hydrogen-bond acceptors (Lipinski definition) is 1. The van der Waals surface area contributed by atoms with Crippen molar-refractivity contribution >= 4 is 6.72 Å². The Labute approximate surface area is 57.2 Å². The first-order valence-electron chi connectivity index (χ1n) is 3.81. The molecule has 9 heavy (non-hydrogen) atoms. The van der Waals surface area contributed by atoms with Crippen molar-refractivity contribution in [1.82, 2.24) is 0 Å². The first-order chi connectivity index (χ1) is 4.33. The first kappa shape index (κ1) is 6.79. The Hall–Kier alpha value is -0.330. The Bertz CT molecular complexity index is 101. The molecule has 0 N–H and O–H groups in total. The lowest BCUT2D eigenvalue weighted by atomic mass is 9.96. The smallest absolute Gasteiger partial charge is 0.0598 e. The van der Waals surface area contributed by atoms with Gasteiger partial charge in [-0.2, -0.15) is 0 Å². The van der Waals surface area contributed by atoms with Gasteiger partial charge in [-0.05, 0) is 26.0 Å². The van der Waals surface area contributed by atoms with Gasteiger partial charge in [-0.25, -0.2) is 0 Å². The Kier molecular flexibility index (Phi) is 1.89. The Morgan fingerprint density at radius 1 is 1.44 bits per heavy atom. The Balaban J connectivity index is 2.55. The molecule has 0 bridgehead atoms. The normalized spacial score (nSPS) is 24.1. The van der Waals surface area contributed by atoms with E-state index in [-0.39, 0.29) is 0 Å². The molecule has 0 saturated heterocycles. The van der Waals surface area contributed by atoms with Crippen molar-refractivity contribution in [2.45, 2.75) is 44.6 Å². The molecule has 0 aromatic carbocycles. The predicted octanol–water partition coefficient (Wildman–Crippen LogP) is 2.41. The van der Waals surface area contributed by atoms with E-state index in [0.717, 1.165) is 0 Å². The van der Waals surface area contributed by atoms with E-state index >= 15 is 0 Å². The van der Waals surface area contributed by atoms with Gasteiger partial charge in [0.05, 0.1) is 5.54 Å². The van der Waals surface area contributed by atoms with Crippen LogP contribution in [-0.2, 0) is 0 Å². The van der Waals surface area contributed by atoms with Gasteiger partial charge in [-0.15, -0.1) is 0 Å². The molecule has 52 valence electrons. The monoisotopic (exact) mass is 125 g/mol. The van der Waals surface area contributed by atoms with Gasteiger partial charge in [0.1, 0.15) is 0 Å². The molecule has 1 heteroatoms. The summed E-state index contributed by atoms with van der Waals surface area (Å²) < 4.78 is 0. The van der Waals surface area contributed by atoms with Crippen LogP contribution in [-0.4, -0.2) is 12.3 Å². The summed E-state index contributed by atoms with van der Waals surface area (Å²) in [6, 6.07) is 0. The number of aliphatic imine (C=N–C) groups is 1. The van der Waals surface area contributed by atoms with Crippen LogP contribution in [0.25, 0.3) is 0 Å². The minimum atomic E-state index is 0.292. The van der Waals surface area contributed by atoms with Gasteiger partial charge in [0.15, 0.2) is 0 Å². The molecule has 1 fully saturated rings. The Morgan fingerprint density at radius 3 is 2.22 bits per heavy atom. The number of rotatable bonds is 2. The molecule has 1 aliphatic carbocycles. The van der Waals surface area contributed by atoms with Crippen molar-refractivity contribution in [1.29, 1.82) is 0 Å². The quantitative estimate of drug-likeness (QED) is 0.502. The fourth-order valence-corrected chi connectivity index (χ4v) is 1.66. The molecule has 0 amide bonds. The van der Waals surface area contributed by atoms with Gasteiger partial charge in [0, 0.05) is 0 Å². The second kappa shape index (κ2) is 2.51. The van der Waals surface area contributed by atoms with E-state index in [1.165, 1.54) is 32.1 Å². The van der Waals surface area contributed by atoms with E-state index in [2.05, 4.69) is 18.6 Å². The van der Waals surface area contributed by atoms with Crippen LogP contribution in [0.5, 0.6) is 0 Å². The summed E-state index contributed by atoms with van der Waals surface area (Å²) in [4.78, 5) is 4.19. The van der Waals surface area contributed by atoms with Gasteiger partial charge in [-0.3, -0.25) is 4.99 Å². The molecule has 0 aromatic heterocycles. The van der Waals surface area contributed by atoms with Gasteiger partial charge in [0.25, 0.3) is 0 Å². The largest absolute Gasteiger partial charge is 0.294 e. The second-order valence-corrected chi connectivity index (χ2v) is 2.94. The summed E-state index contributed by atoms with van der Waals surface area (Å²) >= 11 is 0. The molecule has 0 aliphatic heterocycles. The third-order valence-corrected chi connectivity index (χ3v) is 2.53. The highest BCUT2D eigenvalue weighted by molar-refractivity contribution is 5.26. The van der Waals surface area contributed by atoms with Crippen LogP contribution in [0.3, 0.4) is 0 Å². The molecule has 0 aromatic rings. The van der Waals surface area contributed by atoms with Gasteiger partial charge >= 0.3 is 0 Å². The van der Waals surface area contributed by atoms with Crippen LogP contribution in [0.15, 0.2) is 4.99 Å². The molecule has 0 radical (unpaired) electrons. The molecule has 0 heterocycles. The maximum Gasteiger partial charge on any atom is 0.0598 e. The maximum absolute atomic E-state index is 4.19. The lowest BCUT2D eigenvalue weighted by Gasteiger charge is -2.20. The van der Waals surface area contributed by atoms with E-state index < -0.39 is 0 Å². The van der Waals surface area contributed by atoms with Crippen LogP contribution in [0.2, 0.25) is 0 Å². The zero-order valence-electron chi connectivity index (χ0n) is 6.19. The van der Waals surface area contributed by atoms with Gasteiger partial charge in [0.2, 0.25) is 0 Å². The maximum atomic E-state index is 4.19. The molecule has 0 unspecified atom stereocenters. The molecular weight excluding hydrogens is 110 g/mol. The van der Waals surface area contributed by atoms with Crippen molar-refractivity contribution in [3.63, 3.8) is 0 Å². The highest BCUT2D eigenvalue weighted by Gasteiger charge is 2.29. The SMILES string of the molecule is C=NC1(CC)CCCC1. The van der Waals surface area contributed by atoms with Gasteiger partial charge < -0.3 is 0 Å². The lowest BCUT2D eigenvalue weighted by Crippen LogP contribution is -2.19. The fraction of sp³-hybridized carbons (Fsp3) is 0.875. The van der Waals surface area contributed by atoms with Crippen molar-refractivity contribution in [2.24, 2.45) is 4.99 Å². The summed E-state index contributed by atoms with van der Waals surface area (Å²) in [6.45, 7) is 5.84. The molecular formula is C8H15N. The molecule has 0 spiro atoms. The average molecular weight is 125 g/mol. The molecule has 0 atom stereocenters. The van der Waals surface area contributed by atoms with Crippen molar-refractivity contribution in [3.05, 3.63) is 0 Å². The summed E-state index contributed by atoms with van der Waals surface area (Å²) in [5, 5.41) is 0. The van der Waals surface area contributed by atoms with E-state index in [9.17, 15) is 0 Å². The van der Waals surface area contributed by atoms with E-state index in [1.807, 2.05) is 0 Å². The van der Waals surface area contributed by atoms with E-state index in [4.69, 9.17) is 0 Å². The predicted molar refractivity (Wildman–Crippen MR) is 41.0 cm³/mol. The summed E-state index contributed by atoms with van der Waals surface area (Å²) in [5.41, 5.74) is 0.292. The van der Waals surface area contributed by atoms with Gasteiger partial charge in [-0.1, -0.05) is 19.8 Å². The highest BCUT2D eigenvalue weighted by atomic mass is 14.8. The number of hydrogen-bond donors (Lipinski definition) is 0. The summed E-state index contributed by atoms with van der Waals surface area (Å²) in [5.74, 6) is 0. The van der Waals surface area contributed by atoms with Crippen molar-refractivity contribution in [2.75, 3.05) is 0 Å².